The number of para-hydroxylation sites is 4. The first-order valence-corrected chi connectivity index (χ1v) is 20.2. The van der Waals surface area contributed by atoms with Gasteiger partial charge >= 0.3 is 0 Å². The first-order valence-electron chi connectivity index (χ1n) is 25.2. The summed E-state index contributed by atoms with van der Waals surface area (Å²) in [5.41, 5.74) is 7.35. The molecule has 3 heterocycles. The molecule has 6 heteroatoms. The maximum atomic E-state index is 9.02. The zero-order chi connectivity index (χ0) is 50.2. The summed E-state index contributed by atoms with van der Waals surface area (Å²) in [6.07, 6.45) is 6.48. The molecule has 306 valence electrons. The second-order valence-corrected chi connectivity index (χ2v) is 16.8. The summed E-state index contributed by atoms with van der Waals surface area (Å²) in [7, 11) is 0. The number of pyridine rings is 1. The van der Waals surface area contributed by atoms with Crippen LogP contribution in [0.15, 0.2) is 164 Å². The van der Waals surface area contributed by atoms with Crippen LogP contribution in [0, 0.1) is 25.4 Å². The van der Waals surface area contributed by atoms with Crippen LogP contribution in [0.5, 0.6) is 11.5 Å². The summed E-state index contributed by atoms with van der Waals surface area (Å²) in [6.45, 7) is 11.4. The second kappa shape index (κ2) is 15.1. The number of rotatable bonds is 7. The molecule has 0 atom stereocenters. The number of nitrogens with zero attached hydrogens (tertiary/aromatic N) is 4. The van der Waals surface area contributed by atoms with Crippen LogP contribution < -0.4 is 9.30 Å². The van der Waals surface area contributed by atoms with E-state index in [2.05, 4.69) is 69.8 Å². The Labute approximate surface area is 391 Å². The summed E-state index contributed by atoms with van der Waals surface area (Å²) < 4.78 is 99.1. The molecular weight excluding hydrogens is 940 g/mol. The number of ether oxygens (including phenoxy) is 1. The van der Waals surface area contributed by atoms with Gasteiger partial charge in [0.15, 0.2) is 0 Å². The normalized spacial score (nSPS) is 16.2. The molecule has 5 nitrogen and oxygen atoms in total. The molecule has 0 radical (unpaired) electrons. The van der Waals surface area contributed by atoms with Crippen LogP contribution in [0.4, 0.5) is 0 Å². The second-order valence-electron chi connectivity index (χ2n) is 16.8. The average Bonchev–Trinajstić information content (AvgIpc) is 3.96. The third-order valence-electron chi connectivity index (χ3n) is 11.9. The van der Waals surface area contributed by atoms with Gasteiger partial charge in [-0.05, 0) is 80.3 Å². The molecule has 0 fully saturated rings. The SMILES string of the molecule is [2H]c1c([2H])c([2H])c(-c2cccc(-c3c([2H])c([2H])c([2H])c([2H])c3[2H])c2-[n+]2[c-]n(-c3[c-]c(Oc4[c-]c5c(cc4)c4ccccc4n5-c4ncc5c(c4C)C(C)(C)CC5(C)C)ccc3)c3ccccc32)c([2H])c1[2H].[Pt]. The molecule has 0 spiro atoms. The van der Waals surface area contributed by atoms with Gasteiger partial charge in [-0.2, -0.15) is 18.2 Å². The summed E-state index contributed by atoms with van der Waals surface area (Å²) in [4.78, 5) is 5.15. The molecule has 10 aromatic rings. The minimum Gasteiger partial charge on any atom is -0.510 e. The predicted octanol–water partition coefficient (Wildman–Crippen LogP) is 13.2. The molecule has 0 saturated heterocycles. The fourth-order valence-electron chi connectivity index (χ4n) is 9.76. The van der Waals surface area contributed by atoms with Gasteiger partial charge in [0.1, 0.15) is 5.82 Å². The number of imidazole rings is 1. The van der Waals surface area contributed by atoms with E-state index < -0.39 is 60.4 Å². The zero-order valence-corrected chi connectivity index (χ0v) is 36.8. The maximum absolute atomic E-state index is 9.02. The van der Waals surface area contributed by atoms with Crippen molar-refractivity contribution >= 4 is 32.8 Å². The van der Waals surface area contributed by atoms with E-state index in [9.17, 15) is 0 Å². The largest absolute Gasteiger partial charge is 0.510 e. The van der Waals surface area contributed by atoms with E-state index in [0.29, 0.717) is 28.2 Å². The van der Waals surface area contributed by atoms with Crippen molar-refractivity contribution in [3.8, 4) is 50.9 Å². The fourth-order valence-corrected chi connectivity index (χ4v) is 9.76. The van der Waals surface area contributed by atoms with Crippen molar-refractivity contribution in [3.05, 3.63) is 199 Å². The van der Waals surface area contributed by atoms with Gasteiger partial charge in [0.2, 0.25) is 0 Å². The van der Waals surface area contributed by atoms with E-state index in [1.165, 1.54) is 11.1 Å². The van der Waals surface area contributed by atoms with Crippen molar-refractivity contribution in [2.75, 3.05) is 0 Å². The first-order chi connectivity index (χ1) is 33.8. The van der Waals surface area contributed by atoms with Gasteiger partial charge in [-0.15, -0.1) is 29.7 Å². The molecule has 11 rings (SSSR count). The number of hydrogen-bond donors (Lipinski definition) is 0. The van der Waals surface area contributed by atoms with E-state index >= 15 is 0 Å². The summed E-state index contributed by atoms with van der Waals surface area (Å²) >= 11 is 0. The van der Waals surface area contributed by atoms with E-state index in [1.54, 1.807) is 33.4 Å². The molecule has 1 aliphatic carbocycles. The van der Waals surface area contributed by atoms with Gasteiger partial charge in [-0.3, -0.25) is 4.57 Å². The first kappa shape index (κ1) is 29.7. The standard InChI is InChI=1S/C56H44N4O.Pt/c1-37-52-47(55(2,3)35-56(52,4)5)34-57-54(37)60-48-27-13-12-24-45(48)46-31-30-42(33-51(46)60)61-41-23-16-22-40(32-41)58-36-59(50-29-15-14-28-49(50)58)53-43(38-18-8-6-9-19-38)25-17-26-44(53)39-20-10-7-11-21-39;/h6-31,34H,35H2,1-5H3;/q-2;/i6D,7D,8D,9D,10D,11D,18D,19D,20D,21D;. The number of benzene rings is 7. The molecule has 0 N–H and O–H groups in total. The number of hydrogen-bond acceptors (Lipinski definition) is 2. The Hall–Kier alpha value is -6.55. The molecule has 0 aliphatic heterocycles. The molecule has 0 amide bonds. The molecule has 1 aliphatic rings. The summed E-state index contributed by atoms with van der Waals surface area (Å²) in [6, 6.07) is 31.5. The Morgan fingerprint density at radius 2 is 1.32 bits per heavy atom. The predicted molar refractivity (Wildman–Crippen MR) is 246 cm³/mol. The van der Waals surface area contributed by atoms with Crippen molar-refractivity contribution in [1.82, 2.24) is 14.1 Å². The van der Waals surface area contributed by atoms with Gasteiger partial charge < -0.3 is 13.9 Å². The quantitative estimate of drug-likeness (QED) is 0.118. The van der Waals surface area contributed by atoms with Gasteiger partial charge in [-0.25, -0.2) is 4.98 Å². The Bertz CT molecular complexity index is 3790. The third-order valence-corrected chi connectivity index (χ3v) is 11.9. The van der Waals surface area contributed by atoms with E-state index in [0.717, 1.165) is 39.6 Å². The van der Waals surface area contributed by atoms with Gasteiger partial charge in [0.25, 0.3) is 6.33 Å². The minimum atomic E-state index is -0.570. The third kappa shape index (κ3) is 6.41. The topological polar surface area (TPSA) is 35.9 Å². The molecule has 3 aromatic heterocycles. The monoisotopic (exact) mass is 993 g/mol. The van der Waals surface area contributed by atoms with Crippen molar-refractivity contribution < 1.29 is 44.1 Å². The Balaban J connectivity index is 0.00000596. The number of aromatic nitrogens is 4. The molecular formula is C56H44N4OPt-2. The Morgan fingerprint density at radius 1 is 0.677 bits per heavy atom. The average molecular weight is 994 g/mol. The van der Waals surface area contributed by atoms with Crippen LogP contribution >= 0.6 is 0 Å². The van der Waals surface area contributed by atoms with Crippen LogP contribution in [0.1, 0.15) is 64.5 Å². The van der Waals surface area contributed by atoms with Crippen molar-refractivity contribution in [3.63, 3.8) is 0 Å². The van der Waals surface area contributed by atoms with Crippen LogP contribution in [0.2, 0.25) is 0 Å². The van der Waals surface area contributed by atoms with E-state index in [1.807, 2.05) is 66.9 Å². The van der Waals surface area contributed by atoms with Gasteiger partial charge in [0, 0.05) is 44.3 Å². The summed E-state index contributed by atoms with van der Waals surface area (Å²) in [5, 5.41) is 2.06. The van der Waals surface area contributed by atoms with Crippen LogP contribution in [0.3, 0.4) is 0 Å². The van der Waals surface area contributed by atoms with Gasteiger partial charge in [-0.1, -0.05) is 154 Å². The Morgan fingerprint density at radius 3 is 2.05 bits per heavy atom. The Kier molecular flexibility index (Phi) is 7.23. The molecule has 7 aromatic carbocycles. The van der Waals surface area contributed by atoms with Crippen molar-refractivity contribution in [1.29, 1.82) is 0 Å². The molecule has 62 heavy (non-hydrogen) atoms. The zero-order valence-electron chi connectivity index (χ0n) is 44.5. The van der Waals surface area contributed by atoms with Crippen LogP contribution in [-0.4, -0.2) is 14.1 Å². The number of fused-ring (bicyclic) bond motifs is 5. The molecule has 0 bridgehead atoms. The smallest absolute Gasteiger partial charge is 0.268 e. The minimum absolute atomic E-state index is 0. The van der Waals surface area contributed by atoms with Crippen LogP contribution in [0.25, 0.3) is 72.3 Å². The molecule has 0 saturated carbocycles. The van der Waals surface area contributed by atoms with Crippen molar-refractivity contribution in [2.45, 2.75) is 51.9 Å². The van der Waals surface area contributed by atoms with E-state index in [-0.39, 0.29) is 59.8 Å². The van der Waals surface area contributed by atoms with E-state index in [4.69, 9.17) is 23.4 Å². The maximum Gasteiger partial charge on any atom is 0.268 e. The van der Waals surface area contributed by atoms with Crippen LogP contribution in [-0.2, 0) is 31.9 Å². The molecule has 0 unspecified atom stereocenters. The fraction of sp³-hybridized carbons (Fsp3) is 0.143. The summed E-state index contributed by atoms with van der Waals surface area (Å²) in [5.74, 6) is 1.66. The van der Waals surface area contributed by atoms with Crippen molar-refractivity contribution in [2.24, 2.45) is 0 Å². The van der Waals surface area contributed by atoms with Gasteiger partial charge in [0.05, 0.1) is 30.4 Å².